The van der Waals surface area contributed by atoms with Crippen molar-refractivity contribution in [3.63, 3.8) is 0 Å². The summed E-state index contributed by atoms with van der Waals surface area (Å²) < 4.78 is 16.9. The molecule has 0 bridgehead atoms. The molecule has 25 heavy (non-hydrogen) atoms. The van der Waals surface area contributed by atoms with Crippen molar-refractivity contribution in [2.75, 3.05) is 6.29 Å². The zero-order chi connectivity index (χ0) is 19.5. The van der Waals surface area contributed by atoms with Gasteiger partial charge in [0.15, 0.2) is 0 Å². The second kappa shape index (κ2) is 11.2. The number of ketones is 1. The Hall–Kier alpha value is -2.43. The largest absolute Gasteiger partial charge is 0.428 e. The third kappa shape index (κ3) is 9.45. The van der Waals surface area contributed by atoms with Gasteiger partial charge < -0.3 is 14.7 Å². The van der Waals surface area contributed by atoms with Crippen molar-refractivity contribution in [3.05, 3.63) is 72.6 Å². The number of nitrogens with one attached hydrogen (secondary N) is 1. The third-order valence-electron chi connectivity index (χ3n) is 2.79. The first-order valence-electron chi connectivity index (χ1n) is 7.43. The van der Waals surface area contributed by atoms with E-state index in [9.17, 15) is 19.0 Å². The highest BCUT2D eigenvalue weighted by Crippen LogP contribution is 2.42. The fourth-order valence-corrected chi connectivity index (χ4v) is 2.34. The van der Waals surface area contributed by atoms with Gasteiger partial charge in [-0.3, -0.25) is 9.59 Å². The highest BCUT2D eigenvalue weighted by molar-refractivity contribution is 7.52. The molecule has 6 nitrogen and oxygen atoms in total. The quantitative estimate of drug-likeness (QED) is 0.203. The highest BCUT2D eigenvalue weighted by atomic mass is 31.2. The molecule has 0 radical (unpaired) electrons. The molecule has 136 valence electrons. The Bertz CT molecular complexity index is 698. The molecule has 0 saturated carbocycles. The summed E-state index contributed by atoms with van der Waals surface area (Å²) in [6.07, 6.45) is 10.0. The molecule has 0 aliphatic rings. The van der Waals surface area contributed by atoms with E-state index in [-0.39, 0.29) is 11.3 Å². The second-order valence-corrected chi connectivity index (χ2v) is 6.74. The van der Waals surface area contributed by atoms with Crippen molar-refractivity contribution in [1.82, 2.24) is 5.32 Å². The molecule has 0 aliphatic heterocycles. The van der Waals surface area contributed by atoms with Crippen LogP contribution in [0.25, 0.3) is 0 Å². The van der Waals surface area contributed by atoms with Gasteiger partial charge in [0.05, 0.1) is 0 Å². The number of hydrogen-bond donors (Lipinski definition) is 2. The topological polar surface area (TPSA) is 92.7 Å². The lowest BCUT2D eigenvalue weighted by Crippen LogP contribution is -2.32. The molecule has 0 saturated heterocycles. The summed E-state index contributed by atoms with van der Waals surface area (Å²) in [6, 6.07) is 0. The summed E-state index contributed by atoms with van der Waals surface area (Å²) in [5.74, 6) is -1.69. The Labute approximate surface area is 148 Å². The minimum atomic E-state index is -4.14. The minimum Gasteiger partial charge on any atom is -0.428 e. The molecule has 1 unspecified atom stereocenters. The van der Waals surface area contributed by atoms with Crippen LogP contribution in [0.15, 0.2) is 72.6 Å². The number of carbonyl (C=O) groups excluding carboxylic acids is 2. The molecule has 0 heterocycles. The summed E-state index contributed by atoms with van der Waals surface area (Å²) in [7, 11) is -4.14. The first kappa shape index (κ1) is 22.6. The van der Waals surface area contributed by atoms with Gasteiger partial charge in [-0.05, 0) is 26.8 Å². The van der Waals surface area contributed by atoms with Gasteiger partial charge in [0.25, 0.3) is 5.91 Å². The van der Waals surface area contributed by atoms with Crippen LogP contribution in [0.4, 0.5) is 0 Å². The maximum Gasteiger partial charge on any atom is 0.395 e. The Morgan fingerprint density at radius 2 is 1.80 bits per heavy atom. The summed E-state index contributed by atoms with van der Waals surface area (Å²) >= 11 is 0. The van der Waals surface area contributed by atoms with Crippen LogP contribution in [-0.2, 0) is 18.7 Å². The van der Waals surface area contributed by atoms with Crippen LogP contribution < -0.4 is 5.32 Å². The lowest BCUT2D eigenvalue weighted by atomic mass is 10.1. The maximum absolute atomic E-state index is 12.0. The summed E-state index contributed by atoms with van der Waals surface area (Å²) in [6.45, 7) is 12.1. The number of rotatable bonds is 10. The van der Waals surface area contributed by atoms with Crippen LogP contribution in [0.5, 0.6) is 0 Å². The van der Waals surface area contributed by atoms with Gasteiger partial charge in [0.2, 0.25) is 5.78 Å². The van der Waals surface area contributed by atoms with E-state index in [1.807, 2.05) is 0 Å². The van der Waals surface area contributed by atoms with Crippen molar-refractivity contribution in [1.29, 1.82) is 0 Å². The summed E-state index contributed by atoms with van der Waals surface area (Å²) in [4.78, 5) is 33.5. The van der Waals surface area contributed by atoms with Gasteiger partial charge in [0, 0.05) is 5.57 Å². The van der Waals surface area contributed by atoms with Crippen molar-refractivity contribution in [2.24, 2.45) is 0 Å². The molecule has 0 spiro atoms. The van der Waals surface area contributed by atoms with Gasteiger partial charge in [-0.2, -0.15) is 0 Å². The first-order chi connectivity index (χ1) is 11.7. The van der Waals surface area contributed by atoms with E-state index in [0.29, 0.717) is 0 Å². The fourth-order valence-electron chi connectivity index (χ4n) is 1.42. The summed E-state index contributed by atoms with van der Waals surface area (Å²) in [5, 5.41) is 2.10. The van der Waals surface area contributed by atoms with Gasteiger partial charge in [0.1, 0.15) is 12.0 Å². The highest BCUT2D eigenvalue weighted by Gasteiger charge is 2.24. The zero-order valence-electron chi connectivity index (χ0n) is 14.7. The predicted molar refractivity (Wildman–Crippen MR) is 99.7 cm³/mol. The molecule has 0 aromatic carbocycles. The van der Waals surface area contributed by atoms with E-state index in [2.05, 4.69) is 18.5 Å². The van der Waals surface area contributed by atoms with Crippen LogP contribution in [0, 0.1) is 0 Å². The number of carbonyl (C=O) groups is 2. The van der Waals surface area contributed by atoms with Crippen LogP contribution >= 0.6 is 7.60 Å². The standard InChI is InChI=1S/C18H24NO5P/c1-6-9-10-16(8-3)17(20)18(21)19-13-25(22,23)24-15(5)12-11-14(4)7-2/h6-12H,2-3,13H2,1,4-5H3,(H,19,21)(H,22,23)/b9-6-,14-11-,15-12+,16-10+. The molecule has 1 amide bonds. The molecule has 0 aliphatic carbocycles. The maximum atomic E-state index is 12.0. The van der Waals surface area contributed by atoms with E-state index >= 15 is 0 Å². The predicted octanol–water partition coefficient (Wildman–Crippen LogP) is 3.56. The van der Waals surface area contributed by atoms with E-state index in [1.54, 1.807) is 38.2 Å². The number of Topliss-reactive ketones (excluding diaryl/α,β-unsaturated/α-hetero) is 1. The molecule has 2 N–H and O–H groups in total. The molecule has 0 fully saturated rings. The lowest BCUT2D eigenvalue weighted by Gasteiger charge is -2.14. The molecule has 0 aromatic heterocycles. The summed E-state index contributed by atoms with van der Waals surface area (Å²) in [5.41, 5.74) is 0.921. The normalized spacial score (nSPS) is 15.4. The molecular weight excluding hydrogens is 341 g/mol. The van der Waals surface area contributed by atoms with Crippen molar-refractivity contribution in [2.45, 2.75) is 20.8 Å². The Balaban J connectivity index is 4.85. The molecule has 0 aromatic rings. The van der Waals surface area contributed by atoms with Crippen LogP contribution in [0.1, 0.15) is 20.8 Å². The number of amides is 1. The van der Waals surface area contributed by atoms with Crippen molar-refractivity contribution >= 4 is 19.3 Å². The SMILES string of the molecule is C=C/C(C)=C\C=C(/C)OP(=O)(O)CNC(=O)C(=O)/C(C=C)=C/C=C\C. The third-order valence-corrected chi connectivity index (χ3v) is 3.92. The first-order valence-corrected chi connectivity index (χ1v) is 9.20. The van der Waals surface area contributed by atoms with Crippen LogP contribution in [0.2, 0.25) is 0 Å². The molecule has 1 atom stereocenters. The van der Waals surface area contributed by atoms with Gasteiger partial charge in [-0.25, -0.2) is 4.57 Å². The molecule has 0 rings (SSSR count). The van der Waals surface area contributed by atoms with E-state index in [1.165, 1.54) is 25.2 Å². The molecular formula is C18H24NO5P. The van der Waals surface area contributed by atoms with Gasteiger partial charge in [-0.1, -0.05) is 55.2 Å². The Morgan fingerprint density at radius 1 is 1.16 bits per heavy atom. The van der Waals surface area contributed by atoms with Crippen molar-refractivity contribution < 1.29 is 23.6 Å². The Morgan fingerprint density at radius 3 is 2.32 bits per heavy atom. The van der Waals surface area contributed by atoms with Crippen molar-refractivity contribution in [3.8, 4) is 0 Å². The lowest BCUT2D eigenvalue weighted by molar-refractivity contribution is -0.135. The zero-order valence-corrected chi connectivity index (χ0v) is 15.6. The monoisotopic (exact) mass is 365 g/mol. The van der Waals surface area contributed by atoms with Gasteiger partial charge in [-0.15, -0.1) is 0 Å². The average Bonchev–Trinajstić information content (AvgIpc) is 2.57. The number of allylic oxidation sites excluding steroid dienone is 9. The number of hydrogen-bond acceptors (Lipinski definition) is 4. The van der Waals surface area contributed by atoms with E-state index in [0.717, 1.165) is 5.57 Å². The fraction of sp³-hybridized carbons (Fsp3) is 0.222. The Kier molecular flexibility index (Phi) is 10.1. The average molecular weight is 365 g/mol. The van der Waals surface area contributed by atoms with Crippen LogP contribution in [0.3, 0.4) is 0 Å². The van der Waals surface area contributed by atoms with E-state index in [4.69, 9.17) is 4.52 Å². The smallest absolute Gasteiger partial charge is 0.395 e. The second-order valence-electron chi connectivity index (χ2n) is 4.97. The molecule has 7 heteroatoms. The minimum absolute atomic E-state index is 0.0744. The van der Waals surface area contributed by atoms with Crippen LogP contribution in [-0.4, -0.2) is 22.9 Å². The van der Waals surface area contributed by atoms with E-state index < -0.39 is 25.6 Å². The van der Waals surface area contributed by atoms with Gasteiger partial charge >= 0.3 is 7.60 Å².